The first-order chi connectivity index (χ1) is 45.4. The Morgan fingerprint density at radius 2 is 0.615 bits per heavy atom. The highest BCUT2D eigenvalue weighted by molar-refractivity contribution is 7.25. The molecule has 476 valence electrons. The fourth-order valence-electron chi connectivity index (χ4n) is 15.9. The van der Waals surface area contributed by atoms with Crippen molar-refractivity contribution in [3.05, 3.63) is 234 Å². The van der Waals surface area contributed by atoms with Gasteiger partial charge in [-0.05, 0) is 190 Å². The van der Waals surface area contributed by atoms with Gasteiger partial charge in [-0.25, -0.2) is 0 Å². The number of benzene rings is 11. The summed E-state index contributed by atoms with van der Waals surface area (Å²) in [6.07, 6.45) is 0. The molecule has 3 nitrogen and oxygen atoms in total. The fraction of sp³-hybridized carbons (Fsp3) is 0.261. The first-order valence-electron chi connectivity index (χ1n) is 34.8. The lowest BCUT2D eigenvalue weighted by molar-refractivity contribution is 0.568. The Kier molecular flexibility index (Phi) is 12.7. The Hall–Kier alpha value is -9.22. The van der Waals surface area contributed by atoms with Gasteiger partial charge < -0.3 is 8.97 Å². The van der Waals surface area contributed by atoms with Crippen molar-refractivity contribution in [3.8, 4) is 50.2 Å². The molecule has 0 radical (unpaired) electrons. The van der Waals surface area contributed by atoms with E-state index in [-0.39, 0.29) is 32.5 Å². The highest BCUT2D eigenvalue weighted by atomic mass is 32.1. The van der Waals surface area contributed by atoms with Crippen molar-refractivity contribution in [3.63, 3.8) is 0 Å². The second-order valence-electron chi connectivity index (χ2n) is 34.4. The van der Waals surface area contributed by atoms with Gasteiger partial charge in [0.2, 0.25) is 0 Å². The summed E-state index contributed by atoms with van der Waals surface area (Å²) >= 11 is 1.93. The molecule has 0 amide bonds. The Morgan fingerprint density at radius 1 is 0.250 bits per heavy atom. The monoisotopic (exact) mass is 1270 g/mol. The lowest BCUT2D eigenvalue weighted by Gasteiger charge is -2.26. The zero-order valence-electron chi connectivity index (χ0n) is 59.3. The third-order valence-electron chi connectivity index (χ3n) is 21.5. The number of rotatable bonds is 5. The molecule has 0 aliphatic heterocycles. The van der Waals surface area contributed by atoms with Crippen molar-refractivity contribution in [2.24, 2.45) is 0 Å². The summed E-state index contributed by atoms with van der Waals surface area (Å²) in [5.74, 6) is 0. The highest BCUT2D eigenvalue weighted by Gasteiger charge is 2.32. The summed E-state index contributed by atoms with van der Waals surface area (Å²) < 4.78 is 9.13. The summed E-state index contributed by atoms with van der Waals surface area (Å²) in [5, 5.41) is 14.2. The Labute approximate surface area is 569 Å². The summed E-state index contributed by atoms with van der Waals surface area (Å²) in [6.45, 7) is 42.6. The molecule has 11 aromatic carbocycles. The van der Waals surface area contributed by atoms with Gasteiger partial charge in [0.25, 0.3) is 0 Å². The van der Waals surface area contributed by atoms with Gasteiger partial charge in [-0.15, -0.1) is 11.3 Å². The molecule has 0 aliphatic rings. The van der Waals surface area contributed by atoms with Crippen LogP contribution in [-0.4, -0.2) is 13.4 Å². The Balaban J connectivity index is 1.07. The molecule has 0 atom stereocenters. The maximum Gasteiger partial charge on any atom is 0.109 e. The molecular formula is C92H87N3S. The smallest absolute Gasteiger partial charge is 0.109 e. The minimum atomic E-state index is -0.0754. The van der Waals surface area contributed by atoms with Gasteiger partial charge in [0, 0.05) is 75.2 Å². The van der Waals surface area contributed by atoms with Crippen LogP contribution < -0.4 is 0 Å². The molecular weight excluding hydrogens is 1180 g/mol. The third kappa shape index (κ3) is 9.17. The second-order valence-corrected chi connectivity index (χ2v) is 35.4. The summed E-state index contributed by atoms with van der Waals surface area (Å²) in [7, 11) is 0. The van der Waals surface area contributed by atoms with Crippen LogP contribution >= 0.6 is 11.3 Å². The molecule has 0 bridgehead atoms. The maximum absolute atomic E-state index is 2.71. The third-order valence-corrected chi connectivity index (χ3v) is 22.7. The molecule has 0 unspecified atom stereocenters. The van der Waals surface area contributed by atoms with E-state index < -0.39 is 0 Å². The minimum Gasteiger partial charge on any atom is -0.309 e. The van der Waals surface area contributed by atoms with Crippen LogP contribution in [0.5, 0.6) is 0 Å². The molecule has 0 spiro atoms. The molecule has 0 fully saturated rings. The van der Waals surface area contributed by atoms with Crippen LogP contribution in [0.2, 0.25) is 0 Å². The van der Waals surface area contributed by atoms with Gasteiger partial charge in [-0.3, -0.25) is 4.40 Å². The van der Waals surface area contributed by atoms with Crippen LogP contribution in [0.25, 0.3) is 158 Å². The average Bonchev–Trinajstić information content (AvgIpc) is 1.50. The summed E-state index contributed by atoms with van der Waals surface area (Å²) in [6, 6.07) is 79.0. The maximum atomic E-state index is 2.71. The second kappa shape index (κ2) is 20.2. The molecule has 4 heteroatoms. The topological polar surface area (TPSA) is 13.8 Å². The Bertz CT molecular complexity index is 6010. The predicted molar refractivity (Wildman–Crippen MR) is 419 cm³/mol. The number of hydrogen-bond donors (Lipinski definition) is 0. The van der Waals surface area contributed by atoms with Crippen LogP contribution in [0, 0.1) is 0 Å². The first-order valence-corrected chi connectivity index (χ1v) is 35.6. The normalized spacial score (nSPS) is 13.5. The summed E-state index contributed by atoms with van der Waals surface area (Å²) in [4.78, 5) is 1.31. The summed E-state index contributed by atoms with van der Waals surface area (Å²) in [5.41, 5.74) is 27.5. The molecule has 0 saturated heterocycles. The van der Waals surface area contributed by atoms with Crippen LogP contribution in [0.1, 0.15) is 158 Å². The zero-order valence-corrected chi connectivity index (χ0v) is 60.1. The van der Waals surface area contributed by atoms with E-state index in [1.54, 1.807) is 0 Å². The molecule has 0 aliphatic carbocycles. The number of thiophene rings is 1. The van der Waals surface area contributed by atoms with E-state index in [0.717, 1.165) is 5.69 Å². The molecule has 6 heterocycles. The lowest BCUT2D eigenvalue weighted by Crippen LogP contribution is -2.16. The number of para-hydroxylation sites is 2. The van der Waals surface area contributed by atoms with Crippen LogP contribution in [-0.2, 0) is 32.5 Å². The van der Waals surface area contributed by atoms with E-state index in [9.17, 15) is 0 Å². The molecule has 17 rings (SSSR count). The molecule has 6 aromatic heterocycles. The van der Waals surface area contributed by atoms with Gasteiger partial charge >= 0.3 is 0 Å². The SMILES string of the molecule is CC(C)(C)c1cc(-c2cc(-c3ccc4c(c3)c3ccccc3n4-c3ccccc3)c3c(c2)c2cc(-c4cc(C(C)(C)C)cc(C(C)(C)C)c4)cc4c5c6c7cc(-c8cc(C(C)(C)C)cc(C(C)(C)C)c8)cc8c9c%10ccccc%10sc9n(c6ccc5n3c24)c78)cc(C(C)(C)C)c1. The van der Waals surface area contributed by atoms with Crippen LogP contribution in [0.15, 0.2) is 200 Å². The van der Waals surface area contributed by atoms with E-state index in [1.807, 2.05) is 11.3 Å². The highest BCUT2D eigenvalue weighted by Crippen LogP contribution is 2.54. The largest absolute Gasteiger partial charge is 0.309 e. The van der Waals surface area contributed by atoms with E-state index in [1.165, 1.54) is 185 Å². The number of nitrogens with zero attached hydrogens (tertiary/aromatic N) is 3. The fourth-order valence-corrected chi connectivity index (χ4v) is 17.2. The van der Waals surface area contributed by atoms with Gasteiger partial charge in [-0.2, -0.15) is 0 Å². The van der Waals surface area contributed by atoms with Gasteiger partial charge in [0.15, 0.2) is 0 Å². The predicted octanol–water partition coefficient (Wildman–Crippen LogP) is 26.8. The van der Waals surface area contributed by atoms with Crippen LogP contribution in [0.3, 0.4) is 0 Å². The van der Waals surface area contributed by atoms with E-state index in [4.69, 9.17) is 0 Å². The van der Waals surface area contributed by atoms with Gasteiger partial charge in [-0.1, -0.05) is 240 Å². The molecule has 96 heavy (non-hydrogen) atoms. The minimum absolute atomic E-state index is 0.0462. The van der Waals surface area contributed by atoms with E-state index in [2.05, 4.69) is 338 Å². The van der Waals surface area contributed by atoms with Crippen molar-refractivity contribution in [1.82, 2.24) is 13.4 Å². The Morgan fingerprint density at radius 3 is 1.11 bits per heavy atom. The number of hydrogen-bond acceptors (Lipinski definition) is 1. The molecule has 0 saturated carbocycles. The molecule has 17 aromatic rings. The van der Waals surface area contributed by atoms with Gasteiger partial charge in [0.1, 0.15) is 4.83 Å². The first kappa shape index (κ1) is 60.4. The van der Waals surface area contributed by atoms with Crippen molar-refractivity contribution in [1.29, 1.82) is 0 Å². The zero-order chi connectivity index (χ0) is 67.0. The average molecular weight is 1270 g/mol. The molecule has 0 N–H and O–H groups in total. The quantitative estimate of drug-likeness (QED) is 0.163. The lowest BCUT2D eigenvalue weighted by atomic mass is 9.78. The van der Waals surface area contributed by atoms with Crippen molar-refractivity contribution < 1.29 is 0 Å². The number of fused-ring (bicyclic) bond motifs is 18. The van der Waals surface area contributed by atoms with Gasteiger partial charge in [0.05, 0.1) is 38.6 Å². The van der Waals surface area contributed by atoms with Crippen molar-refractivity contribution in [2.45, 2.75) is 157 Å². The van der Waals surface area contributed by atoms with Crippen molar-refractivity contribution in [2.75, 3.05) is 0 Å². The van der Waals surface area contributed by atoms with E-state index in [0.29, 0.717) is 0 Å². The standard InChI is InChI=1S/C92H87N3S/c1-87(2,3)59-36-53(37-60(49-59)88(4,5)6)56-43-68(52-32-33-76-69(42-52)66-28-22-24-30-75(66)93(76)65-26-20-19-21-27-65)83-70(44-56)71-45-57(54-38-61(89(7,8)9)50-62(39-54)90(10,11)12)47-73-81-77(94(83)84(71)73)34-35-78-82(81)74-48-58(55-40-63(91(13,14)15)51-64(41-55)92(16,17)18)46-72-80-67-29-23-25-31-79(67)96-86(80)95(78)85(72)74/h19-51H,1-18H3. The van der Waals surface area contributed by atoms with Crippen LogP contribution in [0.4, 0.5) is 0 Å². The van der Waals surface area contributed by atoms with E-state index >= 15 is 0 Å². The number of aromatic nitrogens is 3. The van der Waals surface area contributed by atoms with Crippen molar-refractivity contribution >= 4 is 119 Å².